The molecule has 0 aliphatic carbocycles. The van der Waals surface area contributed by atoms with Gasteiger partial charge in [0.1, 0.15) is 11.6 Å². The number of hydrogen-bond donors (Lipinski definition) is 0. The van der Waals surface area contributed by atoms with E-state index in [9.17, 15) is 17.6 Å². The molecule has 1 aliphatic rings. The monoisotopic (exact) mass is 422 g/mol. The predicted octanol–water partition coefficient (Wildman–Crippen LogP) is 1.85. The van der Waals surface area contributed by atoms with E-state index in [0.29, 0.717) is 16.6 Å². The van der Waals surface area contributed by atoms with Gasteiger partial charge in [0.25, 0.3) is 5.91 Å². The lowest BCUT2D eigenvalue weighted by atomic mass is 10.2. The van der Waals surface area contributed by atoms with Crippen LogP contribution in [0.3, 0.4) is 0 Å². The predicted molar refractivity (Wildman–Crippen MR) is 91.8 cm³/mol. The molecular formula is C15H20BrFN2O4S. The average Bonchev–Trinajstić information content (AvgIpc) is 2.81. The highest BCUT2D eigenvalue weighted by Gasteiger charge is 2.38. The van der Waals surface area contributed by atoms with Crippen molar-refractivity contribution in [1.29, 1.82) is 0 Å². The van der Waals surface area contributed by atoms with Crippen LogP contribution in [0.4, 0.5) is 4.39 Å². The summed E-state index contributed by atoms with van der Waals surface area (Å²) in [6.07, 6.45) is -0.448. The quantitative estimate of drug-likeness (QED) is 0.677. The van der Waals surface area contributed by atoms with Crippen LogP contribution in [-0.2, 0) is 14.6 Å². The largest absolute Gasteiger partial charge is 0.480 e. The lowest BCUT2D eigenvalue weighted by Crippen LogP contribution is -2.53. The number of sulfone groups is 1. The summed E-state index contributed by atoms with van der Waals surface area (Å²) < 4.78 is 42.6. The molecule has 1 fully saturated rings. The number of nitrogens with zero attached hydrogens (tertiary/aromatic N) is 2. The smallest absolute Gasteiger partial charge is 0.277 e. The first-order valence-electron chi connectivity index (χ1n) is 7.43. The standard InChI is InChI=1S/C15H20BrFN2O4S/c1-10(23-14-5-4-11(17)8-13(14)16)15(20)19(18(2)3)12-6-7-24(21,22)9-12/h4-5,8,10,12H,6-7,9H2,1-3H3. The molecule has 2 rings (SSSR count). The van der Waals surface area contributed by atoms with Crippen molar-refractivity contribution in [2.45, 2.75) is 25.5 Å². The first kappa shape index (κ1) is 19.1. The molecule has 0 bridgehead atoms. The van der Waals surface area contributed by atoms with Gasteiger partial charge < -0.3 is 4.74 Å². The summed E-state index contributed by atoms with van der Waals surface area (Å²) >= 11 is 3.19. The minimum atomic E-state index is -3.11. The van der Waals surface area contributed by atoms with Crippen LogP contribution in [0, 0.1) is 5.82 Å². The first-order chi connectivity index (χ1) is 11.1. The van der Waals surface area contributed by atoms with E-state index < -0.39 is 27.8 Å². The molecule has 6 nitrogen and oxygen atoms in total. The van der Waals surface area contributed by atoms with Crippen LogP contribution in [0.15, 0.2) is 22.7 Å². The van der Waals surface area contributed by atoms with Gasteiger partial charge in [-0.3, -0.25) is 9.80 Å². The Morgan fingerprint density at radius 3 is 2.58 bits per heavy atom. The van der Waals surface area contributed by atoms with Gasteiger partial charge >= 0.3 is 0 Å². The fourth-order valence-electron chi connectivity index (χ4n) is 2.67. The Balaban J connectivity index is 2.14. The summed E-state index contributed by atoms with van der Waals surface area (Å²) in [5.41, 5.74) is 0. The van der Waals surface area contributed by atoms with E-state index in [0.717, 1.165) is 0 Å². The van der Waals surface area contributed by atoms with Gasteiger partial charge in [-0.05, 0) is 47.5 Å². The molecule has 1 amide bonds. The average molecular weight is 423 g/mol. The highest BCUT2D eigenvalue weighted by Crippen LogP contribution is 2.27. The zero-order chi connectivity index (χ0) is 18.1. The summed E-state index contributed by atoms with van der Waals surface area (Å²) in [5, 5.41) is 3.00. The van der Waals surface area contributed by atoms with Gasteiger partial charge in [0, 0.05) is 14.1 Å². The van der Waals surface area contributed by atoms with Crippen molar-refractivity contribution in [3.05, 3.63) is 28.5 Å². The van der Waals surface area contributed by atoms with Gasteiger partial charge in [-0.15, -0.1) is 0 Å². The van der Waals surface area contributed by atoms with Gasteiger partial charge in [-0.1, -0.05) is 0 Å². The highest BCUT2D eigenvalue weighted by molar-refractivity contribution is 9.10. The highest BCUT2D eigenvalue weighted by atomic mass is 79.9. The Hall–Kier alpha value is -1.19. The van der Waals surface area contributed by atoms with Gasteiger partial charge in [0.2, 0.25) is 0 Å². The van der Waals surface area contributed by atoms with Gasteiger partial charge in [-0.2, -0.15) is 0 Å². The molecule has 134 valence electrons. The molecule has 1 aromatic rings. The molecule has 0 radical (unpaired) electrons. The van der Waals surface area contributed by atoms with Crippen LogP contribution < -0.4 is 4.74 Å². The molecule has 0 N–H and O–H groups in total. The fraction of sp³-hybridized carbons (Fsp3) is 0.533. The molecular weight excluding hydrogens is 403 g/mol. The van der Waals surface area contributed by atoms with E-state index in [1.165, 1.54) is 23.2 Å². The number of carbonyl (C=O) groups excluding carboxylic acids is 1. The van der Waals surface area contributed by atoms with E-state index in [4.69, 9.17) is 4.74 Å². The van der Waals surface area contributed by atoms with Crippen LogP contribution in [-0.4, -0.2) is 62.1 Å². The Morgan fingerprint density at radius 1 is 1.42 bits per heavy atom. The van der Waals surface area contributed by atoms with E-state index in [-0.39, 0.29) is 17.4 Å². The van der Waals surface area contributed by atoms with E-state index in [2.05, 4.69) is 15.9 Å². The summed E-state index contributed by atoms with van der Waals surface area (Å²) in [6.45, 7) is 1.58. The van der Waals surface area contributed by atoms with E-state index in [1.807, 2.05) is 0 Å². The maximum atomic E-state index is 13.1. The summed E-state index contributed by atoms with van der Waals surface area (Å²) in [4.78, 5) is 12.7. The van der Waals surface area contributed by atoms with Crippen molar-refractivity contribution in [3.63, 3.8) is 0 Å². The second kappa shape index (κ2) is 7.37. The lowest BCUT2D eigenvalue weighted by molar-refractivity contribution is -0.156. The van der Waals surface area contributed by atoms with Gasteiger partial charge in [-0.25, -0.2) is 17.8 Å². The number of halogens is 2. The van der Waals surface area contributed by atoms with Crippen molar-refractivity contribution in [3.8, 4) is 5.75 Å². The molecule has 2 atom stereocenters. The van der Waals surface area contributed by atoms with Crippen molar-refractivity contribution < 1.29 is 22.3 Å². The number of rotatable bonds is 5. The zero-order valence-corrected chi connectivity index (χ0v) is 16.1. The number of benzene rings is 1. The summed E-state index contributed by atoms with van der Waals surface area (Å²) in [7, 11) is 0.254. The van der Waals surface area contributed by atoms with Crippen molar-refractivity contribution in [1.82, 2.24) is 10.0 Å². The fourth-order valence-corrected chi connectivity index (χ4v) is 4.81. The maximum absolute atomic E-state index is 13.1. The molecule has 1 aliphatic heterocycles. The Morgan fingerprint density at radius 2 is 2.08 bits per heavy atom. The third-order valence-corrected chi connectivity index (χ3v) is 6.13. The third-order valence-electron chi connectivity index (χ3n) is 3.76. The van der Waals surface area contributed by atoms with Crippen LogP contribution in [0.25, 0.3) is 0 Å². The molecule has 9 heteroatoms. The Bertz CT molecular complexity index is 726. The summed E-state index contributed by atoms with van der Waals surface area (Å²) in [5.74, 6) is -0.398. The van der Waals surface area contributed by atoms with Crippen LogP contribution >= 0.6 is 15.9 Å². The SMILES string of the molecule is CC(Oc1ccc(F)cc1Br)C(=O)N(C1CCS(=O)(=O)C1)N(C)C. The zero-order valence-electron chi connectivity index (χ0n) is 13.7. The van der Waals surface area contributed by atoms with Crippen molar-refractivity contribution in [2.24, 2.45) is 0 Å². The van der Waals surface area contributed by atoms with Crippen molar-refractivity contribution in [2.75, 3.05) is 25.6 Å². The van der Waals surface area contributed by atoms with Crippen LogP contribution in [0.5, 0.6) is 5.75 Å². The van der Waals surface area contributed by atoms with Crippen molar-refractivity contribution >= 4 is 31.7 Å². The molecule has 0 saturated carbocycles. The number of carbonyl (C=O) groups is 1. The molecule has 0 spiro atoms. The first-order valence-corrected chi connectivity index (χ1v) is 10.0. The Kier molecular flexibility index (Phi) is 5.87. The van der Waals surface area contributed by atoms with Crippen LogP contribution in [0.2, 0.25) is 0 Å². The number of hydrazine groups is 1. The minimum Gasteiger partial charge on any atom is -0.480 e. The molecule has 1 heterocycles. The number of amides is 1. The minimum absolute atomic E-state index is 0.0517. The summed E-state index contributed by atoms with van der Waals surface area (Å²) in [6, 6.07) is 3.52. The maximum Gasteiger partial charge on any atom is 0.277 e. The topological polar surface area (TPSA) is 66.9 Å². The molecule has 0 aromatic heterocycles. The second-order valence-electron chi connectivity index (χ2n) is 5.92. The second-order valence-corrected chi connectivity index (χ2v) is 9.00. The van der Waals surface area contributed by atoms with Gasteiger partial charge in [0.15, 0.2) is 15.9 Å². The van der Waals surface area contributed by atoms with E-state index >= 15 is 0 Å². The van der Waals surface area contributed by atoms with E-state index in [1.54, 1.807) is 26.0 Å². The molecule has 2 unspecified atom stereocenters. The lowest BCUT2D eigenvalue weighted by Gasteiger charge is -2.35. The molecule has 1 aromatic carbocycles. The van der Waals surface area contributed by atoms with Crippen LogP contribution in [0.1, 0.15) is 13.3 Å². The molecule has 24 heavy (non-hydrogen) atoms. The number of hydrogen-bond acceptors (Lipinski definition) is 5. The third kappa shape index (κ3) is 4.46. The molecule has 1 saturated heterocycles. The Labute approximate surface area is 149 Å². The number of ether oxygens (including phenoxy) is 1. The van der Waals surface area contributed by atoms with Gasteiger partial charge in [0.05, 0.1) is 22.0 Å². The normalized spacial score (nSPS) is 20.8.